The van der Waals surface area contributed by atoms with Crippen molar-refractivity contribution < 1.29 is 23.8 Å². The average molecular weight is 485 g/mol. The van der Waals surface area contributed by atoms with Gasteiger partial charge in [-0.2, -0.15) is 5.26 Å². The van der Waals surface area contributed by atoms with Crippen LogP contribution in [0.3, 0.4) is 0 Å². The summed E-state index contributed by atoms with van der Waals surface area (Å²) in [6, 6.07) is 7.85. The van der Waals surface area contributed by atoms with E-state index in [1.807, 2.05) is 39.0 Å². The highest BCUT2D eigenvalue weighted by Crippen LogP contribution is 2.37. The maximum Gasteiger partial charge on any atom is 0.410 e. The molecule has 0 aliphatic carbocycles. The standard InChI is InChI=1S/C24H28N4O5S/c1-15(19-6-4-5-8-26-19)10-21(29)27-22-18(11-25)17-7-9-28(12-20(17)34-22)23(30)31-13-16-14-32-24(2,3)33-16/h4-6,8,15-16H,7,9-10,12-14H2,1-3H3,(H,27,29)/t15-,16?/m0/s1. The summed E-state index contributed by atoms with van der Waals surface area (Å²) in [5, 5.41) is 13.1. The Morgan fingerprint density at radius 2 is 2.26 bits per heavy atom. The molecule has 0 spiro atoms. The third-order valence-corrected chi connectivity index (χ3v) is 6.96. The molecule has 10 heteroatoms. The molecule has 1 unspecified atom stereocenters. The molecule has 2 amide bonds. The maximum atomic E-state index is 12.7. The van der Waals surface area contributed by atoms with Gasteiger partial charge in [-0.15, -0.1) is 11.3 Å². The van der Waals surface area contributed by atoms with Crippen LogP contribution in [0.5, 0.6) is 0 Å². The van der Waals surface area contributed by atoms with E-state index < -0.39 is 11.9 Å². The highest BCUT2D eigenvalue weighted by molar-refractivity contribution is 7.16. The van der Waals surface area contributed by atoms with Crippen molar-refractivity contribution in [2.45, 2.75) is 58.0 Å². The number of nitrogens with zero attached hydrogens (tertiary/aromatic N) is 3. The van der Waals surface area contributed by atoms with Crippen LogP contribution in [0, 0.1) is 11.3 Å². The molecule has 1 N–H and O–H groups in total. The normalized spacial score (nSPS) is 19.7. The van der Waals surface area contributed by atoms with E-state index >= 15 is 0 Å². The van der Waals surface area contributed by atoms with Crippen molar-refractivity contribution in [3.05, 3.63) is 46.1 Å². The molecule has 2 atom stereocenters. The highest BCUT2D eigenvalue weighted by Gasteiger charge is 2.34. The van der Waals surface area contributed by atoms with E-state index in [4.69, 9.17) is 14.2 Å². The number of anilines is 1. The number of nitriles is 1. The number of aromatic nitrogens is 1. The smallest absolute Gasteiger partial charge is 0.410 e. The van der Waals surface area contributed by atoms with Crippen LogP contribution in [0.25, 0.3) is 0 Å². The van der Waals surface area contributed by atoms with E-state index in [1.165, 1.54) is 11.3 Å². The molecule has 0 aromatic carbocycles. The Kier molecular flexibility index (Phi) is 7.16. The lowest BCUT2D eigenvalue weighted by Crippen LogP contribution is -2.37. The number of rotatable bonds is 6. The zero-order valence-electron chi connectivity index (χ0n) is 19.5. The van der Waals surface area contributed by atoms with Crippen LogP contribution < -0.4 is 5.32 Å². The molecule has 0 saturated carbocycles. The Hall–Kier alpha value is -3.00. The van der Waals surface area contributed by atoms with Gasteiger partial charge in [-0.05, 0) is 38.0 Å². The molecule has 1 saturated heterocycles. The number of carbonyl (C=O) groups excluding carboxylic acids is 2. The number of amides is 2. The van der Waals surface area contributed by atoms with Gasteiger partial charge in [0, 0.05) is 35.7 Å². The largest absolute Gasteiger partial charge is 0.447 e. The van der Waals surface area contributed by atoms with Crippen LogP contribution in [0.1, 0.15) is 54.8 Å². The van der Waals surface area contributed by atoms with Crippen LogP contribution in [0.2, 0.25) is 0 Å². The lowest BCUT2D eigenvalue weighted by atomic mass is 10.0. The van der Waals surface area contributed by atoms with Gasteiger partial charge in [0.05, 0.1) is 18.7 Å². The Morgan fingerprint density at radius 3 is 2.94 bits per heavy atom. The first-order chi connectivity index (χ1) is 16.3. The maximum absolute atomic E-state index is 12.7. The highest BCUT2D eigenvalue weighted by atomic mass is 32.1. The van der Waals surface area contributed by atoms with E-state index in [-0.39, 0.29) is 31.0 Å². The topological polar surface area (TPSA) is 114 Å². The molecule has 2 aromatic heterocycles. The van der Waals surface area contributed by atoms with Gasteiger partial charge in [-0.3, -0.25) is 9.78 Å². The van der Waals surface area contributed by atoms with Crippen molar-refractivity contribution in [3.8, 4) is 6.07 Å². The van der Waals surface area contributed by atoms with Crippen molar-refractivity contribution >= 4 is 28.3 Å². The third kappa shape index (κ3) is 5.55. The second-order valence-corrected chi connectivity index (χ2v) is 10.0. The van der Waals surface area contributed by atoms with Gasteiger partial charge in [0.25, 0.3) is 0 Å². The monoisotopic (exact) mass is 484 g/mol. The van der Waals surface area contributed by atoms with Gasteiger partial charge < -0.3 is 24.4 Å². The van der Waals surface area contributed by atoms with Gasteiger partial charge in [-0.25, -0.2) is 4.79 Å². The quantitative estimate of drug-likeness (QED) is 0.663. The minimum atomic E-state index is -0.669. The molecule has 2 aliphatic rings. The number of nitrogens with one attached hydrogen (secondary N) is 1. The fourth-order valence-electron chi connectivity index (χ4n) is 4.09. The van der Waals surface area contributed by atoms with Crippen molar-refractivity contribution in [3.63, 3.8) is 0 Å². The summed E-state index contributed by atoms with van der Waals surface area (Å²) in [7, 11) is 0. The van der Waals surface area contributed by atoms with Crippen molar-refractivity contribution in [2.75, 3.05) is 25.1 Å². The number of fused-ring (bicyclic) bond motifs is 1. The van der Waals surface area contributed by atoms with Crippen LogP contribution >= 0.6 is 11.3 Å². The molecule has 0 radical (unpaired) electrons. The molecule has 4 heterocycles. The first-order valence-corrected chi connectivity index (χ1v) is 12.1. The number of thiophene rings is 1. The van der Waals surface area contributed by atoms with E-state index in [2.05, 4.69) is 16.4 Å². The molecule has 180 valence electrons. The lowest BCUT2D eigenvalue weighted by molar-refractivity contribution is -0.143. The van der Waals surface area contributed by atoms with Gasteiger partial charge in [0.1, 0.15) is 23.8 Å². The van der Waals surface area contributed by atoms with E-state index in [0.29, 0.717) is 36.7 Å². The number of hydrogen-bond acceptors (Lipinski definition) is 8. The molecule has 9 nitrogen and oxygen atoms in total. The number of pyridine rings is 1. The van der Waals surface area contributed by atoms with Crippen molar-refractivity contribution in [2.24, 2.45) is 0 Å². The summed E-state index contributed by atoms with van der Waals surface area (Å²) in [5.74, 6) is -0.893. The zero-order chi connectivity index (χ0) is 24.3. The minimum absolute atomic E-state index is 0.0496. The van der Waals surface area contributed by atoms with Crippen LogP contribution in [-0.2, 0) is 32.0 Å². The minimum Gasteiger partial charge on any atom is -0.447 e. The average Bonchev–Trinajstić information content (AvgIpc) is 3.35. The fourth-order valence-corrected chi connectivity index (χ4v) is 5.32. The summed E-state index contributed by atoms with van der Waals surface area (Å²) in [5.41, 5.74) is 2.21. The molecular formula is C24H28N4O5S. The summed E-state index contributed by atoms with van der Waals surface area (Å²) < 4.78 is 16.6. The Balaban J connectivity index is 1.35. The molecule has 4 rings (SSSR count). The SMILES string of the molecule is C[C@@H](CC(=O)Nc1sc2c(c1C#N)CCN(C(=O)OCC1COC(C)(C)O1)C2)c1ccccn1. The predicted octanol–water partition coefficient (Wildman–Crippen LogP) is 3.79. The van der Waals surface area contributed by atoms with Gasteiger partial charge in [0.15, 0.2) is 5.79 Å². The number of hydrogen-bond donors (Lipinski definition) is 1. The van der Waals surface area contributed by atoms with Gasteiger partial charge in [0.2, 0.25) is 5.91 Å². The zero-order valence-corrected chi connectivity index (χ0v) is 20.3. The predicted molar refractivity (Wildman–Crippen MR) is 125 cm³/mol. The van der Waals surface area contributed by atoms with Crippen LogP contribution in [-0.4, -0.2) is 53.5 Å². The van der Waals surface area contributed by atoms with Crippen LogP contribution in [0.15, 0.2) is 24.4 Å². The first kappa shape index (κ1) is 24.1. The fraction of sp³-hybridized carbons (Fsp3) is 0.500. The molecule has 1 fully saturated rings. The second kappa shape index (κ2) is 10.1. The second-order valence-electron chi connectivity index (χ2n) is 8.93. The van der Waals surface area contributed by atoms with Gasteiger partial charge in [-0.1, -0.05) is 13.0 Å². The van der Waals surface area contributed by atoms with E-state index in [1.54, 1.807) is 11.1 Å². The Morgan fingerprint density at radius 1 is 1.44 bits per heavy atom. The number of ether oxygens (including phenoxy) is 3. The molecule has 34 heavy (non-hydrogen) atoms. The molecule has 0 bridgehead atoms. The Bertz CT molecular complexity index is 1090. The van der Waals surface area contributed by atoms with E-state index in [9.17, 15) is 14.9 Å². The molecular weight excluding hydrogens is 456 g/mol. The molecule has 2 aliphatic heterocycles. The van der Waals surface area contributed by atoms with Crippen LogP contribution in [0.4, 0.5) is 9.80 Å². The Labute approximate surface area is 202 Å². The molecule has 2 aromatic rings. The summed E-state index contributed by atoms with van der Waals surface area (Å²) in [4.78, 5) is 32.0. The van der Waals surface area contributed by atoms with Crippen molar-refractivity contribution in [1.82, 2.24) is 9.88 Å². The van der Waals surface area contributed by atoms with Gasteiger partial charge >= 0.3 is 6.09 Å². The first-order valence-electron chi connectivity index (χ1n) is 11.2. The lowest BCUT2D eigenvalue weighted by Gasteiger charge is -2.26. The number of carbonyl (C=O) groups is 2. The summed E-state index contributed by atoms with van der Waals surface area (Å²) in [6.45, 7) is 6.86. The van der Waals surface area contributed by atoms with E-state index in [0.717, 1.165) is 16.1 Å². The van der Waals surface area contributed by atoms with Crippen molar-refractivity contribution in [1.29, 1.82) is 5.26 Å². The summed E-state index contributed by atoms with van der Waals surface area (Å²) >= 11 is 1.34. The summed E-state index contributed by atoms with van der Waals surface area (Å²) in [6.07, 6.45) is 1.77. The third-order valence-electron chi connectivity index (χ3n) is 5.82.